The third-order valence-electron chi connectivity index (χ3n) is 6.20. The first-order valence-corrected chi connectivity index (χ1v) is 12.3. The zero-order valence-corrected chi connectivity index (χ0v) is 20.3. The molecule has 0 aliphatic carbocycles. The van der Waals surface area contributed by atoms with Gasteiger partial charge in [-0.2, -0.15) is 0 Å². The summed E-state index contributed by atoms with van der Waals surface area (Å²) in [6, 6.07) is 22.0. The Balaban J connectivity index is 1.26. The summed E-state index contributed by atoms with van der Waals surface area (Å²) >= 11 is 0. The lowest BCUT2D eigenvalue weighted by molar-refractivity contribution is -0.136. The molecule has 0 bridgehead atoms. The fourth-order valence-corrected chi connectivity index (χ4v) is 4.57. The van der Waals surface area contributed by atoms with Crippen LogP contribution in [0.5, 0.6) is 11.5 Å². The van der Waals surface area contributed by atoms with E-state index in [1.54, 1.807) is 6.20 Å². The summed E-state index contributed by atoms with van der Waals surface area (Å²) in [5, 5.41) is 11.1. The molecule has 5 rings (SSSR count). The van der Waals surface area contributed by atoms with Crippen LogP contribution in [0.1, 0.15) is 30.9 Å². The van der Waals surface area contributed by atoms with E-state index >= 15 is 0 Å². The van der Waals surface area contributed by atoms with Crippen molar-refractivity contribution in [3.8, 4) is 22.8 Å². The van der Waals surface area contributed by atoms with Crippen molar-refractivity contribution < 1.29 is 23.8 Å². The lowest BCUT2D eigenvalue weighted by Gasteiger charge is -2.13. The van der Waals surface area contributed by atoms with Crippen molar-refractivity contribution in [3.05, 3.63) is 84.1 Å². The number of carbonyl (C=O) groups is 1. The van der Waals surface area contributed by atoms with Crippen molar-refractivity contribution in [1.29, 1.82) is 0 Å². The lowest BCUT2D eigenvalue weighted by atomic mass is 10.1. The Morgan fingerprint density at radius 3 is 2.56 bits per heavy atom. The number of carboxylic acids is 1. The average molecular weight is 484 g/mol. The normalized spacial score (nSPS) is 11.2. The van der Waals surface area contributed by atoms with Crippen LogP contribution in [0.25, 0.3) is 33.2 Å². The summed E-state index contributed by atoms with van der Waals surface area (Å²) in [6.07, 6.45) is 4.22. The number of aliphatic carboxylic acids is 1. The minimum Gasteiger partial charge on any atom is -0.493 e. The van der Waals surface area contributed by atoms with E-state index in [1.807, 2.05) is 60.7 Å². The second-order valence-electron chi connectivity index (χ2n) is 8.80. The smallest absolute Gasteiger partial charge is 0.307 e. The van der Waals surface area contributed by atoms with Crippen LogP contribution in [0.2, 0.25) is 0 Å². The van der Waals surface area contributed by atoms with E-state index in [4.69, 9.17) is 13.9 Å². The summed E-state index contributed by atoms with van der Waals surface area (Å²) in [5.41, 5.74) is 4.61. The molecular weight excluding hydrogens is 454 g/mol. The summed E-state index contributed by atoms with van der Waals surface area (Å²) < 4.78 is 18.5. The van der Waals surface area contributed by atoms with Gasteiger partial charge >= 0.3 is 5.97 Å². The van der Waals surface area contributed by atoms with Gasteiger partial charge in [0.15, 0.2) is 0 Å². The fourth-order valence-electron chi connectivity index (χ4n) is 4.57. The van der Waals surface area contributed by atoms with Crippen molar-refractivity contribution in [3.63, 3.8) is 0 Å². The molecule has 0 fully saturated rings. The van der Waals surface area contributed by atoms with Gasteiger partial charge in [0.1, 0.15) is 22.8 Å². The molecule has 0 unspecified atom stereocenters. The van der Waals surface area contributed by atoms with E-state index in [0.29, 0.717) is 25.4 Å². The minimum atomic E-state index is -0.869. The summed E-state index contributed by atoms with van der Waals surface area (Å²) in [7, 11) is 0. The number of rotatable bonds is 11. The Morgan fingerprint density at radius 2 is 1.78 bits per heavy atom. The van der Waals surface area contributed by atoms with Crippen LogP contribution in [0.3, 0.4) is 0 Å². The molecule has 2 N–H and O–H groups in total. The molecule has 2 aromatic heterocycles. The number of aromatic nitrogens is 1. The van der Waals surface area contributed by atoms with E-state index in [-0.39, 0.29) is 6.42 Å². The maximum atomic E-state index is 11.2. The number of nitrogens with one attached hydrogen (secondary N) is 1. The van der Waals surface area contributed by atoms with Gasteiger partial charge in [0.25, 0.3) is 0 Å². The van der Waals surface area contributed by atoms with Crippen molar-refractivity contribution in [2.75, 3.05) is 13.2 Å². The molecule has 3 aromatic carbocycles. The Morgan fingerprint density at radius 1 is 0.972 bits per heavy atom. The number of furan rings is 1. The maximum Gasteiger partial charge on any atom is 0.307 e. The topological polar surface area (TPSA) is 84.7 Å². The van der Waals surface area contributed by atoms with Gasteiger partial charge in [0, 0.05) is 40.0 Å². The molecular formula is C30H29NO5. The number of aryl methyl sites for hydroxylation is 1. The highest BCUT2D eigenvalue weighted by atomic mass is 16.5. The number of fused-ring (bicyclic) bond motifs is 2. The van der Waals surface area contributed by atoms with E-state index < -0.39 is 5.97 Å². The second kappa shape index (κ2) is 10.6. The largest absolute Gasteiger partial charge is 0.493 e. The number of hydrogen-bond donors (Lipinski definition) is 2. The van der Waals surface area contributed by atoms with Crippen molar-refractivity contribution in [2.24, 2.45) is 0 Å². The molecule has 0 aliphatic heterocycles. The summed E-state index contributed by atoms with van der Waals surface area (Å²) in [4.78, 5) is 14.3. The lowest BCUT2D eigenvalue weighted by Crippen LogP contribution is -2.07. The van der Waals surface area contributed by atoms with Crippen LogP contribution in [-0.4, -0.2) is 29.3 Å². The van der Waals surface area contributed by atoms with Gasteiger partial charge in [0.2, 0.25) is 0 Å². The highest BCUT2D eigenvalue weighted by Crippen LogP contribution is 2.35. The van der Waals surface area contributed by atoms with Gasteiger partial charge < -0.3 is 24.0 Å². The van der Waals surface area contributed by atoms with Gasteiger partial charge in [-0.3, -0.25) is 4.79 Å². The quantitative estimate of drug-likeness (QED) is 0.197. The second-order valence-corrected chi connectivity index (χ2v) is 8.80. The fraction of sp³-hybridized carbons (Fsp3) is 0.233. The Bertz CT molecular complexity index is 1480. The minimum absolute atomic E-state index is 0.0507. The SMILES string of the molecule is CCCc1c(OCCCOc2cccc3[nH]cc(CC(=O)O)c23)ccc2cc(-c3ccccc3)oc12. The predicted molar refractivity (Wildman–Crippen MR) is 141 cm³/mol. The Labute approximate surface area is 209 Å². The molecule has 184 valence electrons. The Kier molecular flexibility index (Phi) is 6.94. The van der Waals surface area contributed by atoms with Gasteiger partial charge in [-0.25, -0.2) is 0 Å². The van der Waals surface area contributed by atoms with Crippen LogP contribution in [-0.2, 0) is 17.6 Å². The molecule has 5 aromatic rings. The Hall–Kier alpha value is -4.19. The number of benzene rings is 3. The van der Waals surface area contributed by atoms with Crippen LogP contribution in [0, 0.1) is 0 Å². The first-order chi connectivity index (χ1) is 17.6. The molecule has 36 heavy (non-hydrogen) atoms. The van der Waals surface area contributed by atoms with E-state index in [1.165, 1.54) is 0 Å². The maximum absolute atomic E-state index is 11.2. The van der Waals surface area contributed by atoms with Gasteiger partial charge in [-0.15, -0.1) is 0 Å². The molecule has 0 atom stereocenters. The van der Waals surface area contributed by atoms with E-state index in [0.717, 1.165) is 62.9 Å². The third kappa shape index (κ3) is 4.93. The standard InChI is InChI=1S/C30H29NO5/c1-2-8-23-25(14-13-21-17-27(36-30(21)23)20-9-4-3-5-10-20)34-15-7-16-35-26-12-6-11-24-29(26)22(19-31-24)18-28(32)33/h3-6,9-14,17,19,31H,2,7-8,15-16,18H2,1H3,(H,32,33). The van der Waals surface area contributed by atoms with E-state index in [2.05, 4.69) is 18.0 Å². The van der Waals surface area contributed by atoms with Crippen LogP contribution in [0.4, 0.5) is 0 Å². The van der Waals surface area contributed by atoms with Crippen molar-refractivity contribution in [2.45, 2.75) is 32.6 Å². The zero-order valence-electron chi connectivity index (χ0n) is 20.3. The molecule has 2 heterocycles. The zero-order chi connectivity index (χ0) is 24.9. The van der Waals surface area contributed by atoms with Gasteiger partial charge in [0.05, 0.1) is 19.6 Å². The average Bonchev–Trinajstić information content (AvgIpc) is 3.50. The predicted octanol–water partition coefficient (Wildman–Crippen LogP) is 7.01. The molecule has 0 amide bonds. The highest BCUT2D eigenvalue weighted by Gasteiger charge is 2.15. The third-order valence-corrected chi connectivity index (χ3v) is 6.20. The first-order valence-electron chi connectivity index (χ1n) is 12.3. The summed E-state index contributed by atoms with van der Waals surface area (Å²) in [6.45, 7) is 3.11. The molecule has 0 radical (unpaired) electrons. The summed E-state index contributed by atoms with van der Waals surface area (Å²) in [5.74, 6) is 1.51. The molecule has 0 aliphatic rings. The van der Waals surface area contributed by atoms with Gasteiger partial charge in [-0.05, 0) is 42.3 Å². The monoisotopic (exact) mass is 483 g/mol. The number of hydrogen-bond acceptors (Lipinski definition) is 4. The number of H-pyrrole nitrogens is 1. The molecule has 0 saturated heterocycles. The molecule has 6 heteroatoms. The van der Waals surface area contributed by atoms with Crippen molar-refractivity contribution in [1.82, 2.24) is 4.98 Å². The number of aromatic amines is 1. The van der Waals surface area contributed by atoms with E-state index in [9.17, 15) is 9.90 Å². The highest BCUT2D eigenvalue weighted by molar-refractivity contribution is 5.92. The van der Waals surface area contributed by atoms with Crippen LogP contribution < -0.4 is 9.47 Å². The molecule has 0 saturated carbocycles. The van der Waals surface area contributed by atoms with Gasteiger partial charge in [-0.1, -0.05) is 49.7 Å². The van der Waals surface area contributed by atoms with Crippen LogP contribution >= 0.6 is 0 Å². The van der Waals surface area contributed by atoms with Crippen LogP contribution in [0.15, 0.2) is 77.3 Å². The molecule has 0 spiro atoms. The number of carboxylic acid groups (broad SMARTS) is 1. The molecule has 6 nitrogen and oxygen atoms in total. The first kappa shape index (κ1) is 23.5. The number of ether oxygens (including phenoxy) is 2. The van der Waals surface area contributed by atoms with Crippen molar-refractivity contribution >= 4 is 27.8 Å².